The second kappa shape index (κ2) is 3.39. The molecule has 2 heteroatoms. The summed E-state index contributed by atoms with van der Waals surface area (Å²) < 4.78 is 0. The summed E-state index contributed by atoms with van der Waals surface area (Å²) in [6.07, 6.45) is 0. The summed E-state index contributed by atoms with van der Waals surface area (Å²) >= 11 is 0. The van der Waals surface area contributed by atoms with Crippen LogP contribution in [0.3, 0.4) is 0 Å². The summed E-state index contributed by atoms with van der Waals surface area (Å²) in [6.45, 7) is 4.71. The van der Waals surface area contributed by atoms with Crippen molar-refractivity contribution < 1.29 is 0 Å². The maximum Gasteiger partial charge on any atom is 0.0737 e. The number of nitrogens with two attached hydrogens (primary N) is 1. The lowest BCUT2D eigenvalue weighted by molar-refractivity contribution is 1.00. The lowest BCUT2D eigenvalue weighted by Gasteiger charge is -2.06. The van der Waals surface area contributed by atoms with Gasteiger partial charge in [0.1, 0.15) is 0 Å². The van der Waals surface area contributed by atoms with Crippen molar-refractivity contribution in [1.29, 1.82) is 0 Å². The Morgan fingerprint density at radius 1 is 1.14 bits per heavy atom. The maximum atomic E-state index is 5.57. The summed E-state index contributed by atoms with van der Waals surface area (Å²) in [5.74, 6) is 0. The third-order valence-corrected chi connectivity index (χ3v) is 2.65. The van der Waals surface area contributed by atoms with E-state index >= 15 is 0 Å². The highest BCUT2D eigenvalue weighted by atomic mass is 14.7. The molecule has 0 aliphatic rings. The first kappa shape index (κ1) is 9.16. The van der Waals surface area contributed by atoms with Crippen LogP contribution in [0.2, 0.25) is 0 Å². The molecule has 1 aromatic carbocycles. The van der Waals surface area contributed by atoms with Crippen LogP contribution in [0.5, 0.6) is 0 Å². The van der Waals surface area contributed by atoms with Gasteiger partial charge in [0.25, 0.3) is 0 Å². The van der Waals surface area contributed by atoms with Gasteiger partial charge in [-0.05, 0) is 31.0 Å². The van der Waals surface area contributed by atoms with E-state index in [1.807, 2.05) is 6.07 Å². The van der Waals surface area contributed by atoms with Gasteiger partial charge in [0.05, 0.1) is 11.2 Å². The highest BCUT2D eigenvalue weighted by Crippen LogP contribution is 2.19. The fourth-order valence-electron chi connectivity index (χ4n) is 1.59. The highest BCUT2D eigenvalue weighted by Gasteiger charge is 2.02. The molecule has 0 aliphatic heterocycles. The molecule has 0 amide bonds. The topological polar surface area (TPSA) is 38.9 Å². The first-order valence-electron chi connectivity index (χ1n) is 4.78. The molecule has 0 saturated carbocycles. The van der Waals surface area contributed by atoms with Crippen LogP contribution in [0.15, 0.2) is 24.3 Å². The van der Waals surface area contributed by atoms with E-state index < -0.39 is 0 Å². The van der Waals surface area contributed by atoms with Crippen molar-refractivity contribution in [2.75, 3.05) is 0 Å². The SMILES string of the molecule is Cc1ccc2ccc(CN)nc2c1C. The number of fused-ring (bicyclic) bond motifs is 1. The smallest absolute Gasteiger partial charge is 0.0737 e. The molecule has 0 fully saturated rings. The lowest BCUT2D eigenvalue weighted by Crippen LogP contribution is -2.00. The molecule has 0 spiro atoms. The predicted molar refractivity (Wildman–Crippen MR) is 59.1 cm³/mol. The van der Waals surface area contributed by atoms with Crippen LogP contribution >= 0.6 is 0 Å². The second-order valence-corrected chi connectivity index (χ2v) is 3.59. The minimum absolute atomic E-state index is 0.503. The zero-order valence-corrected chi connectivity index (χ0v) is 8.54. The van der Waals surface area contributed by atoms with Gasteiger partial charge in [-0.15, -0.1) is 0 Å². The molecule has 0 saturated heterocycles. The van der Waals surface area contributed by atoms with Gasteiger partial charge >= 0.3 is 0 Å². The first-order valence-corrected chi connectivity index (χ1v) is 4.78. The van der Waals surface area contributed by atoms with Gasteiger partial charge in [0.15, 0.2) is 0 Å². The molecule has 2 aromatic rings. The largest absolute Gasteiger partial charge is 0.325 e. The fourth-order valence-corrected chi connectivity index (χ4v) is 1.59. The van der Waals surface area contributed by atoms with Crippen molar-refractivity contribution in [2.24, 2.45) is 5.73 Å². The van der Waals surface area contributed by atoms with E-state index in [0.717, 1.165) is 11.2 Å². The Hall–Kier alpha value is -1.41. The summed E-state index contributed by atoms with van der Waals surface area (Å²) in [7, 11) is 0. The van der Waals surface area contributed by atoms with Gasteiger partial charge in [-0.25, -0.2) is 0 Å². The standard InChI is InChI=1S/C12H14N2/c1-8-3-4-10-5-6-11(7-13)14-12(10)9(8)2/h3-6H,7,13H2,1-2H3. The van der Waals surface area contributed by atoms with Crippen molar-refractivity contribution in [2.45, 2.75) is 20.4 Å². The lowest BCUT2D eigenvalue weighted by atomic mass is 10.1. The Balaban J connectivity index is 2.78. The van der Waals surface area contributed by atoms with Gasteiger partial charge < -0.3 is 5.73 Å². The molecule has 14 heavy (non-hydrogen) atoms. The Labute approximate surface area is 83.8 Å². The number of benzene rings is 1. The number of aromatic nitrogens is 1. The molecule has 2 nitrogen and oxygen atoms in total. The molecular weight excluding hydrogens is 172 g/mol. The average Bonchev–Trinajstić information content (AvgIpc) is 2.23. The third kappa shape index (κ3) is 1.38. The van der Waals surface area contributed by atoms with E-state index in [0.29, 0.717) is 6.54 Å². The summed E-state index contributed by atoms with van der Waals surface area (Å²) in [6, 6.07) is 8.29. The normalized spacial score (nSPS) is 10.8. The molecule has 1 aromatic heterocycles. The van der Waals surface area contributed by atoms with Crippen LogP contribution in [0.4, 0.5) is 0 Å². The molecule has 0 aliphatic carbocycles. The van der Waals surface area contributed by atoms with Gasteiger partial charge in [-0.2, -0.15) is 0 Å². The van der Waals surface area contributed by atoms with Crippen LogP contribution in [-0.4, -0.2) is 4.98 Å². The van der Waals surface area contributed by atoms with E-state index in [9.17, 15) is 0 Å². The Bertz CT molecular complexity index is 475. The molecule has 1 heterocycles. The van der Waals surface area contributed by atoms with Crippen LogP contribution in [0, 0.1) is 13.8 Å². The zero-order chi connectivity index (χ0) is 10.1. The van der Waals surface area contributed by atoms with Crippen LogP contribution in [0.1, 0.15) is 16.8 Å². The van der Waals surface area contributed by atoms with E-state index in [1.54, 1.807) is 0 Å². The Morgan fingerprint density at radius 2 is 1.86 bits per heavy atom. The number of pyridine rings is 1. The van der Waals surface area contributed by atoms with Gasteiger partial charge in [0, 0.05) is 11.9 Å². The molecule has 0 atom stereocenters. The number of hydrogen-bond donors (Lipinski definition) is 1. The molecule has 0 unspecified atom stereocenters. The fraction of sp³-hybridized carbons (Fsp3) is 0.250. The van der Waals surface area contributed by atoms with Crippen molar-refractivity contribution in [3.05, 3.63) is 41.1 Å². The number of aryl methyl sites for hydroxylation is 2. The minimum atomic E-state index is 0.503. The van der Waals surface area contributed by atoms with Crippen molar-refractivity contribution in [3.8, 4) is 0 Å². The summed E-state index contributed by atoms with van der Waals surface area (Å²) in [5, 5.41) is 1.19. The monoisotopic (exact) mass is 186 g/mol. The summed E-state index contributed by atoms with van der Waals surface area (Å²) in [4.78, 5) is 4.53. The minimum Gasteiger partial charge on any atom is -0.325 e. The van der Waals surface area contributed by atoms with E-state index in [-0.39, 0.29) is 0 Å². The van der Waals surface area contributed by atoms with Gasteiger partial charge in [-0.1, -0.05) is 18.2 Å². The van der Waals surface area contributed by atoms with E-state index in [2.05, 4.69) is 37.0 Å². The average molecular weight is 186 g/mol. The number of hydrogen-bond acceptors (Lipinski definition) is 2. The molecule has 0 radical (unpaired) electrons. The molecular formula is C12H14N2. The number of rotatable bonds is 1. The van der Waals surface area contributed by atoms with Crippen molar-refractivity contribution >= 4 is 10.9 Å². The predicted octanol–water partition coefficient (Wildman–Crippen LogP) is 2.31. The van der Waals surface area contributed by atoms with E-state index in [4.69, 9.17) is 5.73 Å². The van der Waals surface area contributed by atoms with Crippen molar-refractivity contribution in [1.82, 2.24) is 4.98 Å². The molecule has 0 bridgehead atoms. The summed E-state index contributed by atoms with van der Waals surface area (Å²) in [5.41, 5.74) is 10.1. The first-order chi connectivity index (χ1) is 6.72. The molecule has 2 N–H and O–H groups in total. The maximum absolute atomic E-state index is 5.57. The quantitative estimate of drug-likeness (QED) is 0.742. The molecule has 72 valence electrons. The van der Waals surface area contributed by atoms with Crippen molar-refractivity contribution in [3.63, 3.8) is 0 Å². The molecule has 2 rings (SSSR count). The van der Waals surface area contributed by atoms with E-state index in [1.165, 1.54) is 16.5 Å². The van der Waals surface area contributed by atoms with Gasteiger partial charge in [-0.3, -0.25) is 4.98 Å². The van der Waals surface area contributed by atoms with Crippen LogP contribution in [-0.2, 0) is 6.54 Å². The van der Waals surface area contributed by atoms with Crippen LogP contribution < -0.4 is 5.73 Å². The highest BCUT2D eigenvalue weighted by molar-refractivity contribution is 5.82. The van der Waals surface area contributed by atoms with Crippen LogP contribution in [0.25, 0.3) is 10.9 Å². The van der Waals surface area contributed by atoms with Gasteiger partial charge in [0.2, 0.25) is 0 Å². The number of nitrogens with zero attached hydrogens (tertiary/aromatic N) is 1. The zero-order valence-electron chi connectivity index (χ0n) is 8.54. The Morgan fingerprint density at radius 3 is 2.57 bits per heavy atom. The second-order valence-electron chi connectivity index (χ2n) is 3.59. The third-order valence-electron chi connectivity index (χ3n) is 2.65. The Kier molecular flexibility index (Phi) is 2.22.